The molecule has 2 heterocycles. The molecule has 33 heavy (non-hydrogen) atoms. The van der Waals surface area contributed by atoms with Crippen LogP contribution in [-0.2, 0) is 4.79 Å². The van der Waals surface area contributed by atoms with Crippen molar-refractivity contribution < 1.29 is 19.4 Å². The molecule has 3 N–H and O–H groups in total. The number of H-pyrrole nitrogens is 1. The van der Waals surface area contributed by atoms with Crippen LogP contribution in [-0.4, -0.2) is 55.3 Å². The molecule has 0 spiro atoms. The van der Waals surface area contributed by atoms with Gasteiger partial charge in [-0.05, 0) is 62.0 Å². The van der Waals surface area contributed by atoms with Crippen LogP contribution in [0.5, 0.6) is 11.5 Å². The molecule has 7 heteroatoms. The number of amides is 1. The van der Waals surface area contributed by atoms with Crippen molar-refractivity contribution in [2.24, 2.45) is 0 Å². The third-order valence-corrected chi connectivity index (χ3v) is 5.62. The summed E-state index contributed by atoms with van der Waals surface area (Å²) in [6.45, 7) is 1.60. The van der Waals surface area contributed by atoms with E-state index in [4.69, 9.17) is 9.47 Å². The number of anilines is 1. The highest BCUT2D eigenvalue weighted by Gasteiger charge is 2.30. The number of hydrogen-bond acceptors (Lipinski definition) is 5. The standard InChI is InChI=1S/C26H29N3O4/c1-29(2)14-5-15-33-18-10-8-17(9-11-18)25(30)19-6-4-7-21-24(19)20(26(31)28-21)16-22-23(32-3)12-13-27-22/h4,6-13,16,25,27,30H,5,14-15H2,1-3H3,(H,28,31)/b20-16-. The number of aromatic amines is 1. The predicted octanol–water partition coefficient (Wildman–Crippen LogP) is 3.93. The van der Waals surface area contributed by atoms with Gasteiger partial charge >= 0.3 is 0 Å². The average molecular weight is 448 g/mol. The molecule has 1 atom stereocenters. The van der Waals surface area contributed by atoms with Gasteiger partial charge in [0.2, 0.25) is 0 Å². The zero-order valence-electron chi connectivity index (χ0n) is 19.1. The zero-order chi connectivity index (χ0) is 23.4. The van der Waals surface area contributed by atoms with E-state index in [2.05, 4.69) is 15.2 Å². The molecular weight excluding hydrogens is 418 g/mol. The van der Waals surface area contributed by atoms with E-state index in [0.29, 0.717) is 40.4 Å². The van der Waals surface area contributed by atoms with Crippen LogP contribution in [0.1, 0.15) is 34.9 Å². The highest BCUT2D eigenvalue weighted by Crippen LogP contribution is 2.40. The second-order valence-corrected chi connectivity index (χ2v) is 8.22. The average Bonchev–Trinajstić information content (AvgIpc) is 3.40. The number of nitrogens with one attached hydrogen (secondary N) is 2. The first-order chi connectivity index (χ1) is 16.0. The normalized spacial score (nSPS) is 14.9. The van der Waals surface area contributed by atoms with Crippen LogP contribution >= 0.6 is 0 Å². The summed E-state index contributed by atoms with van der Waals surface area (Å²) >= 11 is 0. The van der Waals surface area contributed by atoms with E-state index in [1.807, 2.05) is 56.6 Å². The van der Waals surface area contributed by atoms with Crippen molar-refractivity contribution in [3.63, 3.8) is 0 Å². The van der Waals surface area contributed by atoms with Crippen molar-refractivity contribution in [3.05, 3.63) is 77.1 Å². The summed E-state index contributed by atoms with van der Waals surface area (Å²) in [4.78, 5) is 18.0. The minimum Gasteiger partial charge on any atom is -0.495 e. The minimum absolute atomic E-state index is 0.220. The summed E-state index contributed by atoms with van der Waals surface area (Å²) < 4.78 is 11.1. The second kappa shape index (κ2) is 9.94. The predicted molar refractivity (Wildman–Crippen MR) is 129 cm³/mol. The number of rotatable bonds is 9. The molecule has 1 aliphatic rings. The Kier molecular flexibility index (Phi) is 6.82. The zero-order valence-corrected chi connectivity index (χ0v) is 19.1. The lowest BCUT2D eigenvalue weighted by molar-refractivity contribution is -0.110. The lowest BCUT2D eigenvalue weighted by Crippen LogP contribution is -2.15. The van der Waals surface area contributed by atoms with Gasteiger partial charge in [-0.15, -0.1) is 0 Å². The van der Waals surface area contributed by atoms with E-state index >= 15 is 0 Å². The maximum atomic E-state index is 12.7. The third kappa shape index (κ3) is 4.94. The first kappa shape index (κ1) is 22.6. The van der Waals surface area contributed by atoms with Crippen LogP contribution in [0.25, 0.3) is 11.6 Å². The van der Waals surface area contributed by atoms with Gasteiger partial charge in [0.05, 0.1) is 25.0 Å². The molecule has 1 aliphatic heterocycles. The Morgan fingerprint density at radius 3 is 2.64 bits per heavy atom. The fourth-order valence-electron chi connectivity index (χ4n) is 3.94. The van der Waals surface area contributed by atoms with Crippen molar-refractivity contribution in [1.29, 1.82) is 0 Å². The monoisotopic (exact) mass is 447 g/mol. The van der Waals surface area contributed by atoms with Crippen LogP contribution < -0.4 is 14.8 Å². The largest absolute Gasteiger partial charge is 0.495 e. The van der Waals surface area contributed by atoms with Gasteiger partial charge in [0, 0.05) is 24.0 Å². The minimum atomic E-state index is -0.899. The van der Waals surface area contributed by atoms with Gasteiger partial charge in [-0.3, -0.25) is 4.79 Å². The number of aliphatic hydroxyl groups excluding tert-OH is 1. The molecule has 0 radical (unpaired) electrons. The Morgan fingerprint density at radius 1 is 1.12 bits per heavy atom. The SMILES string of the molecule is COc1cc[nH]c1/C=C1\C(=O)Nc2cccc(C(O)c3ccc(OCCCN(C)C)cc3)c21. The molecule has 0 fully saturated rings. The lowest BCUT2D eigenvalue weighted by Gasteiger charge is -2.16. The lowest BCUT2D eigenvalue weighted by atomic mass is 9.92. The molecule has 1 unspecified atom stereocenters. The molecule has 0 saturated carbocycles. The first-order valence-corrected chi connectivity index (χ1v) is 10.9. The quantitative estimate of drug-likeness (QED) is 0.342. The molecule has 1 amide bonds. The van der Waals surface area contributed by atoms with Crippen LogP contribution in [0.15, 0.2) is 54.7 Å². The van der Waals surface area contributed by atoms with Gasteiger partial charge in [0.15, 0.2) is 0 Å². The Morgan fingerprint density at radius 2 is 1.91 bits per heavy atom. The molecule has 4 rings (SSSR count). The summed E-state index contributed by atoms with van der Waals surface area (Å²) in [7, 11) is 5.66. The molecule has 0 bridgehead atoms. The number of benzene rings is 2. The molecule has 172 valence electrons. The molecule has 2 aromatic carbocycles. The maximum absolute atomic E-state index is 12.7. The number of hydrogen-bond donors (Lipinski definition) is 3. The van der Waals surface area contributed by atoms with Crippen molar-refractivity contribution in [3.8, 4) is 11.5 Å². The fraction of sp³-hybridized carbons (Fsp3) is 0.269. The maximum Gasteiger partial charge on any atom is 0.256 e. The van der Waals surface area contributed by atoms with E-state index in [1.54, 1.807) is 25.4 Å². The van der Waals surface area contributed by atoms with Gasteiger partial charge in [0.25, 0.3) is 5.91 Å². The molecule has 1 aromatic heterocycles. The van der Waals surface area contributed by atoms with Gasteiger partial charge < -0.3 is 29.8 Å². The van der Waals surface area contributed by atoms with E-state index in [9.17, 15) is 9.90 Å². The number of fused-ring (bicyclic) bond motifs is 1. The van der Waals surface area contributed by atoms with Crippen molar-refractivity contribution in [2.75, 3.05) is 39.7 Å². The topological polar surface area (TPSA) is 86.8 Å². The number of carbonyl (C=O) groups excluding carboxylic acids is 1. The van der Waals surface area contributed by atoms with Gasteiger partial charge in [-0.25, -0.2) is 0 Å². The van der Waals surface area contributed by atoms with Crippen LogP contribution in [0, 0.1) is 0 Å². The number of aliphatic hydroxyl groups is 1. The van der Waals surface area contributed by atoms with Gasteiger partial charge in [-0.2, -0.15) is 0 Å². The summed E-state index contributed by atoms with van der Waals surface area (Å²) in [5.74, 6) is 1.19. The smallest absolute Gasteiger partial charge is 0.256 e. The summed E-state index contributed by atoms with van der Waals surface area (Å²) in [5.41, 5.74) is 3.91. The molecule has 0 aliphatic carbocycles. The Hall–Kier alpha value is -3.55. The molecule has 0 saturated heterocycles. The number of ether oxygens (including phenoxy) is 2. The molecule has 3 aromatic rings. The van der Waals surface area contributed by atoms with Crippen LogP contribution in [0.3, 0.4) is 0 Å². The second-order valence-electron chi connectivity index (χ2n) is 8.22. The fourth-order valence-corrected chi connectivity index (χ4v) is 3.94. The highest BCUT2D eigenvalue weighted by atomic mass is 16.5. The number of carbonyl (C=O) groups is 1. The number of aromatic nitrogens is 1. The summed E-state index contributed by atoms with van der Waals surface area (Å²) in [5, 5.41) is 14.1. The van der Waals surface area contributed by atoms with E-state index < -0.39 is 6.10 Å². The third-order valence-electron chi connectivity index (χ3n) is 5.62. The van der Waals surface area contributed by atoms with Crippen LogP contribution in [0.2, 0.25) is 0 Å². The Labute approximate surface area is 193 Å². The van der Waals surface area contributed by atoms with Crippen molar-refractivity contribution >= 4 is 23.2 Å². The number of methoxy groups -OCH3 is 1. The van der Waals surface area contributed by atoms with Crippen molar-refractivity contribution in [2.45, 2.75) is 12.5 Å². The van der Waals surface area contributed by atoms with Crippen molar-refractivity contribution in [1.82, 2.24) is 9.88 Å². The van der Waals surface area contributed by atoms with Gasteiger partial charge in [-0.1, -0.05) is 24.3 Å². The Balaban J connectivity index is 1.58. The van der Waals surface area contributed by atoms with E-state index in [0.717, 1.165) is 24.3 Å². The van der Waals surface area contributed by atoms with Crippen LogP contribution in [0.4, 0.5) is 5.69 Å². The first-order valence-electron chi connectivity index (χ1n) is 10.9. The van der Waals surface area contributed by atoms with E-state index in [1.165, 1.54) is 0 Å². The Bertz CT molecular complexity index is 1150. The molecule has 7 nitrogen and oxygen atoms in total. The highest BCUT2D eigenvalue weighted by molar-refractivity contribution is 6.35. The summed E-state index contributed by atoms with van der Waals surface area (Å²) in [6, 6.07) is 14.7. The molecular formula is C26H29N3O4. The van der Waals surface area contributed by atoms with Gasteiger partial charge in [0.1, 0.15) is 17.6 Å². The number of nitrogens with zero attached hydrogens (tertiary/aromatic N) is 1. The van der Waals surface area contributed by atoms with E-state index in [-0.39, 0.29) is 5.91 Å². The summed E-state index contributed by atoms with van der Waals surface area (Å²) in [6.07, 6.45) is 3.55.